The Labute approximate surface area is 72.1 Å². The van der Waals surface area contributed by atoms with Crippen LogP contribution < -0.4 is 5.73 Å². The summed E-state index contributed by atoms with van der Waals surface area (Å²) in [5.74, 6) is 1.20. The maximum Gasteiger partial charge on any atom is 0.232 e. The number of hydrogen-bond donors (Lipinski definition) is 1. The molecule has 4 nitrogen and oxygen atoms in total. The summed E-state index contributed by atoms with van der Waals surface area (Å²) >= 11 is 0. The maximum atomic E-state index is 5.59. The maximum absolute atomic E-state index is 5.59. The molecule has 0 aromatic carbocycles. The molecule has 0 radical (unpaired) electrons. The highest BCUT2D eigenvalue weighted by Gasteiger charge is 2.22. The van der Waals surface area contributed by atoms with E-state index in [1.165, 1.54) is 0 Å². The number of rotatable bonds is 1. The lowest BCUT2D eigenvalue weighted by Crippen LogP contribution is -2.12. The van der Waals surface area contributed by atoms with Gasteiger partial charge in [-0.25, -0.2) is 0 Å². The van der Waals surface area contributed by atoms with E-state index in [-0.39, 0.29) is 11.5 Å². The van der Waals surface area contributed by atoms with Crippen LogP contribution >= 0.6 is 0 Å². The van der Waals surface area contributed by atoms with Crippen LogP contribution in [0.15, 0.2) is 4.52 Å². The molecule has 0 aliphatic rings. The van der Waals surface area contributed by atoms with Crippen LogP contribution in [0.2, 0.25) is 0 Å². The van der Waals surface area contributed by atoms with E-state index in [0.717, 1.165) is 0 Å². The third kappa shape index (κ3) is 1.82. The van der Waals surface area contributed by atoms with Crippen molar-refractivity contribution in [2.45, 2.75) is 39.2 Å². The molecule has 0 spiro atoms. The van der Waals surface area contributed by atoms with Crippen LogP contribution in [-0.4, -0.2) is 10.1 Å². The monoisotopic (exact) mass is 169 g/mol. The highest BCUT2D eigenvalue weighted by Crippen LogP contribution is 2.20. The van der Waals surface area contributed by atoms with Gasteiger partial charge in [-0.2, -0.15) is 4.98 Å². The predicted octanol–water partition coefficient (Wildman–Crippen LogP) is 1.39. The van der Waals surface area contributed by atoms with Crippen molar-refractivity contribution in [1.82, 2.24) is 10.1 Å². The Hall–Kier alpha value is -0.900. The zero-order valence-electron chi connectivity index (χ0n) is 7.96. The molecule has 2 N–H and O–H groups in total. The van der Waals surface area contributed by atoms with Gasteiger partial charge in [0, 0.05) is 5.41 Å². The predicted molar refractivity (Wildman–Crippen MR) is 45.6 cm³/mol. The second kappa shape index (κ2) is 2.86. The Kier molecular flexibility index (Phi) is 2.19. The normalized spacial score (nSPS) is 14.8. The lowest BCUT2D eigenvalue weighted by atomic mass is 9.97. The fourth-order valence-electron chi connectivity index (χ4n) is 0.724. The SMILES string of the molecule is C[C@H](N)c1noc(C(C)(C)C)n1. The average Bonchev–Trinajstić information content (AvgIpc) is 2.30. The van der Waals surface area contributed by atoms with Crippen molar-refractivity contribution >= 4 is 0 Å². The number of nitrogens with two attached hydrogens (primary N) is 1. The van der Waals surface area contributed by atoms with Crippen LogP contribution in [-0.2, 0) is 5.41 Å². The van der Waals surface area contributed by atoms with Crippen LogP contribution in [0.5, 0.6) is 0 Å². The van der Waals surface area contributed by atoms with Crippen LogP contribution in [0.25, 0.3) is 0 Å². The van der Waals surface area contributed by atoms with E-state index in [0.29, 0.717) is 11.7 Å². The summed E-state index contributed by atoms with van der Waals surface area (Å²) in [6.07, 6.45) is 0. The van der Waals surface area contributed by atoms with Crippen LogP contribution in [0.3, 0.4) is 0 Å². The molecule has 1 atom stereocenters. The van der Waals surface area contributed by atoms with Gasteiger partial charge in [-0.15, -0.1) is 0 Å². The van der Waals surface area contributed by atoms with E-state index < -0.39 is 0 Å². The van der Waals surface area contributed by atoms with Crippen molar-refractivity contribution < 1.29 is 4.52 Å². The van der Waals surface area contributed by atoms with Gasteiger partial charge >= 0.3 is 0 Å². The molecule has 1 heterocycles. The fraction of sp³-hybridized carbons (Fsp3) is 0.750. The molecule has 0 bridgehead atoms. The Bertz CT molecular complexity index is 260. The molecular weight excluding hydrogens is 154 g/mol. The van der Waals surface area contributed by atoms with E-state index in [1.54, 1.807) is 0 Å². The van der Waals surface area contributed by atoms with Gasteiger partial charge in [-0.1, -0.05) is 25.9 Å². The van der Waals surface area contributed by atoms with E-state index in [2.05, 4.69) is 10.1 Å². The molecule has 1 aromatic rings. The first kappa shape index (κ1) is 9.19. The zero-order chi connectivity index (χ0) is 9.35. The first-order valence-corrected chi connectivity index (χ1v) is 4.01. The largest absolute Gasteiger partial charge is 0.339 e. The molecule has 0 saturated carbocycles. The van der Waals surface area contributed by atoms with Crippen LogP contribution in [0, 0.1) is 0 Å². The average molecular weight is 169 g/mol. The summed E-state index contributed by atoms with van der Waals surface area (Å²) in [7, 11) is 0. The Balaban J connectivity index is 2.92. The van der Waals surface area contributed by atoms with E-state index in [1.807, 2.05) is 27.7 Å². The molecule has 0 aliphatic heterocycles. The molecule has 68 valence electrons. The van der Waals surface area contributed by atoms with Crippen molar-refractivity contribution in [3.63, 3.8) is 0 Å². The van der Waals surface area contributed by atoms with Crippen LogP contribution in [0.4, 0.5) is 0 Å². The lowest BCUT2D eigenvalue weighted by Gasteiger charge is -2.10. The van der Waals surface area contributed by atoms with Gasteiger partial charge in [-0.3, -0.25) is 0 Å². The van der Waals surface area contributed by atoms with Crippen molar-refractivity contribution in [1.29, 1.82) is 0 Å². The molecule has 12 heavy (non-hydrogen) atoms. The molecule has 0 saturated heterocycles. The highest BCUT2D eigenvalue weighted by atomic mass is 16.5. The Morgan fingerprint density at radius 1 is 1.42 bits per heavy atom. The fourth-order valence-corrected chi connectivity index (χ4v) is 0.724. The van der Waals surface area contributed by atoms with Gasteiger partial charge in [0.2, 0.25) is 5.89 Å². The molecular formula is C8H15N3O. The second-order valence-electron chi connectivity index (χ2n) is 4.00. The number of aromatic nitrogens is 2. The standard InChI is InChI=1S/C8H15N3O/c1-5(9)6-10-7(12-11-6)8(2,3)4/h5H,9H2,1-4H3/t5-/m0/s1. The van der Waals surface area contributed by atoms with E-state index >= 15 is 0 Å². The third-order valence-corrected chi connectivity index (χ3v) is 1.49. The number of hydrogen-bond acceptors (Lipinski definition) is 4. The third-order valence-electron chi connectivity index (χ3n) is 1.49. The molecule has 1 rings (SSSR count). The zero-order valence-corrected chi connectivity index (χ0v) is 7.96. The van der Waals surface area contributed by atoms with Crippen molar-refractivity contribution in [3.8, 4) is 0 Å². The molecule has 0 amide bonds. The minimum atomic E-state index is -0.162. The number of nitrogens with zero attached hydrogens (tertiary/aromatic N) is 2. The topological polar surface area (TPSA) is 64.9 Å². The summed E-state index contributed by atoms with van der Waals surface area (Å²) in [5.41, 5.74) is 5.49. The molecule has 0 fully saturated rings. The highest BCUT2D eigenvalue weighted by molar-refractivity contribution is 4.99. The van der Waals surface area contributed by atoms with Gasteiger partial charge in [0.25, 0.3) is 0 Å². The molecule has 1 aromatic heterocycles. The Morgan fingerprint density at radius 3 is 2.25 bits per heavy atom. The summed E-state index contributed by atoms with van der Waals surface area (Å²) in [4.78, 5) is 4.18. The summed E-state index contributed by atoms with van der Waals surface area (Å²) in [5, 5.41) is 3.77. The second-order valence-corrected chi connectivity index (χ2v) is 4.00. The van der Waals surface area contributed by atoms with E-state index in [9.17, 15) is 0 Å². The van der Waals surface area contributed by atoms with Crippen molar-refractivity contribution in [3.05, 3.63) is 11.7 Å². The van der Waals surface area contributed by atoms with Crippen molar-refractivity contribution in [2.24, 2.45) is 5.73 Å². The summed E-state index contributed by atoms with van der Waals surface area (Å²) < 4.78 is 5.05. The van der Waals surface area contributed by atoms with E-state index in [4.69, 9.17) is 10.3 Å². The first-order chi connectivity index (χ1) is 5.41. The van der Waals surface area contributed by atoms with Gasteiger partial charge < -0.3 is 10.3 Å². The minimum absolute atomic E-state index is 0.0971. The van der Waals surface area contributed by atoms with Crippen LogP contribution in [0.1, 0.15) is 45.5 Å². The summed E-state index contributed by atoms with van der Waals surface area (Å²) in [6, 6.07) is -0.162. The lowest BCUT2D eigenvalue weighted by molar-refractivity contribution is 0.317. The summed E-state index contributed by atoms with van der Waals surface area (Å²) in [6.45, 7) is 7.89. The molecule has 0 unspecified atom stereocenters. The van der Waals surface area contributed by atoms with Gasteiger partial charge in [0.05, 0.1) is 6.04 Å². The minimum Gasteiger partial charge on any atom is -0.339 e. The Morgan fingerprint density at radius 2 is 2.00 bits per heavy atom. The molecule has 4 heteroatoms. The quantitative estimate of drug-likeness (QED) is 0.689. The first-order valence-electron chi connectivity index (χ1n) is 4.01. The van der Waals surface area contributed by atoms with Crippen molar-refractivity contribution in [2.75, 3.05) is 0 Å². The molecule has 0 aliphatic carbocycles. The van der Waals surface area contributed by atoms with Gasteiger partial charge in [0.1, 0.15) is 0 Å². The smallest absolute Gasteiger partial charge is 0.232 e. The van der Waals surface area contributed by atoms with Gasteiger partial charge in [-0.05, 0) is 6.92 Å². The van der Waals surface area contributed by atoms with Gasteiger partial charge in [0.15, 0.2) is 5.82 Å².